The molecule has 1 N–H and O–H groups in total. The molecule has 26 heavy (non-hydrogen) atoms. The van der Waals surface area contributed by atoms with Crippen molar-refractivity contribution in [1.82, 2.24) is 5.32 Å². The highest BCUT2D eigenvalue weighted by Crippen LogP contribution is 2.52. The van der Waals surface area contributed by atoms with Gasteiger partial charge in [0.2, 0.25) is 0 Å². The van der Waals surface area contributed by atoms with Gasteiger partial charge in [-0.2, -0.15) is 0 Å². The Balaban J connectivity index is 2.03. The Morgan fingerprint density at radius 3 is 2.62 bits per heavy atom. The van der Waals surface area contributed by atoms with Gasteiger partial charge >= 0.3 is 11.9 Å². The molecule has 1 heterocycles. The summed E-state index contributed by atoms with van der Waals surface area (Å²) in [6.45, 7) is 7.64. The molecule has 2 fully saturated rings. The Bertz CT molecular complexity index is 708. The number of hydrogen-bond donors (Lipinski definition) is 1. The smallest absolute Gasteiger partial charge is 0.326 e. The van der Waals surface area contributed by atoms with Gasteiger partial charge in [-0.15, -0.1) is 0 Å². The van der Waals surface area contributed by atoms with Gasteiger partial charge in [-0.25, -0.2) is 0 Å². The summed E-state index contributed by atoms with van der Waals surface area (Å²) in [5, 5.41) is 3.50. The Labute approximate surface area is 155 Å². The van der Waals surface area contributed by atoms with Crippen LogP contribution in [-0.4, -0.2) is 30.2 Å². The molecular weight excluding hydrogens is 330 g/mol. The van der Waals surface area contributed by atoms with Crippen LogP contribution in [0.25, 0.3) is 0 Å². The normalized spacial score (nSPS) is 30.7. The van der Waals surface area contributed by atoms with Crippen molar-refractivity contribution in [2.45, 2.75) is 64.1 Å². The van der Waals surface area contributed by atoms with Crippen LogP contribution in [0.5, 0.6) is 0 Å². The van der Waals surface area contributed by atoms with Crippen molar-refractivity contribution < 1.29 is 19.1 Å². The molecule has 5 heteroatoms. The number of hydrogen-bond acceptors (Lipinski definition) is 5. The number of aryl methyl sites for hydroxylation is 1. The van der Waals surface area contributed by atoms with Crippen molar-refractivity contribution in [2.24, 2.45) is 11.8 Å². The van der Waals surface area contributed by atoms with Gasteiger partial charge in [0.05, 0.1) is 13.0 Å². The van der Waals surface area contributed by atoms with E-state index in [2.05, 4.69) is 11.4 Å². The maximum Gasteiger partial charge on any atom is 0.326 e. The lowest BCUT2D eigenvalue weighted by atomic mass is 9.79. The maximum absolute atomic E-state index is 13.1. The highest BCUT2D eigenvalue weighted by molar-refractivity contribution is 5.86. The minimum absolute atomic E-state index is 0.115. The highest BCUT2D eigenvalue weighted by atomic mass is 16.6. The molecule has 142 valence electrons. The van der Waals surface area contributed by atoms with E-state index in [1.165, 1.54) is 7.11 Å². The van der Waals surface area contributed by atoms with E-state index in [9.17, 15) is 9.59 Å². The van der Waals surface area contributed by atoms with Crippen molar-refractivity contribution >= 4 is 11.9 Å². The molecule has 5 nitrogen and oxygen atoms in total. The summed E-state index contributed by atoms with van der Waals surface area (Å²) in [4.78, 5) is 25.8. The summed E-state index contributed by atoms with van der Waals surface area (Å²) < 4.78 is 10.9. The number of carbonyl (C=O) groups excluding carboxylic acids is 2. The molecule has 1 aromatic carbocycles. The Kier molecular flexibility index (Phi) is 4.86. The average Bonchev–Trinajstić information content (AvgIpc) is 3.09. The van der Waals surface area contributed by atoms with E-state index in [0.717, 1.165) is 24.0 Å². The minimum Gasteiger partial charge on any atom is -0.468 e. The van der Waals surface area contributed by atoms with Crippen LogP contribution in [0.3, 0.4) is 0 Å². The van der Waals surface area contributed by atoms with Crippen LogP contribution in [0, 0.1) is 18.8 Å². The number of fused-ring (bicyclic) bond motifs is 1. The third-order valence-corrected chi connectivity index (χ3v) is 5.55. The van der Waals surface area contributed by atoms with E-state index in [0.29, 0.717) is 6.42 Å². The molecule has 0 bridgehead atoms. The molecule has 2 aliphatic rings. The topological polar surface area (TPSA) is 64.6 Å². The molecule has 1 saturated heterocycles. The van der Waals surface area contributed by atoms with E-state index in [1.54, 1.807) is 0 Å². The quantitative estimate of drug-likeness (QED) is 0.839. The van der Waals surface area contributed by atoms with E-state index >= 15 is 0 Å². The summed E-state index contributed by atoms with van der Waals surface area (Å²) >= 11 is 0. The fourth-order valence-electron chi connectivity index (χ4n) is 4.62. The SMILES string of the molecule is COC(=O)[C@]12CCC[C@H]1[C@H](C(=O)OC(C)(C)C)[C@@H](c1cccc(C)c1)N2. The van der Waals surface area contributed by atoms with Gasteiger partial charge in [-0.05, 0) is 46.1 Å². The third-order valence-electron chi connectivity index (χ3n) is 5.55. The van der Waals surface area contributed by atoms with E-state index in [1.807, 2.05) is 45.9 Å². The van der Waals surface area contributed by atoms with Crippen LogP contribution in [0.2, 0.25) is 0 Å². The molecule has 4 atom stereocenters. The summed E-state index contributed by atoms with van der Waals surface area (Å²) in [5.74, 6) is -1.04. The number of benzene rings is 1. The van der Waals surface area contributed by atoms with Crippen molar-refractivity contribution in [1.29, 1.82) is 0 Å². The van der Waals surface area contributed by atoms with E-state index in [4.69, 9.17) is 9.47 Å². The van der Waals surface area contributed by atoms with Crippen molar-refractivity contribution in [3.8, 4) is 0 Å². The van der Waals surface area contributed by atoms with Gasteiger partial charge in [0.25, 0.3) is 0 Å². The fraction of sp³-hybridized carbons (Fsp3) is 0.619. The number of ether oxygens (including phenoxy) is 2. The van der Waals surface area contributed by atoms with Crippen LogP contribution in [0.1, 0.15) is 57.2 Å². The molecule has 1 aromatic rings. The van der Waals surface area contributed by atoms with Crippen LogP contribution in [0.15, 0.2) is 24.3 Å². The van der Waals surface area contributed by atoms with Gasteiger partial charge in [0.15, 0.2) is 0 Å². The second-order valence-electron chi connectivity index (χ2n) is 8.56. The zero-order valence-electron chi connectivity index (χ0n) is 16.3. The van der Waals surface area contributed by atoms with Gasteiger partial charge in [0, 0.05) is 12.0 Å². The lowest BCUT2D eigenvalue weighted by molar-refractivity contribution is -0.162. The number of rotatable bonds is 3. The first-order valence-corrected chi connectivity index (χ1v) is 9.33. The largest absolute Gasteiger partial charge is 0.468 e. The lowest BCUT2D eigenvalue weighted by Crippen LogP contribution is -2.50. The van der Waals surface area contributed by atoms with Crippen molar-refractivity contribution in [3.05, 3.63) is 35.4 Å². The predicted octanol–water partition coefficient (Wildman–Crippen LogP) is 3.31. The van der Waals surface area contributed by atoms with Crippen LogP contribution >= 0.6 is 0 Å². The number of methoxy groups -OCH3 is 1. The van der Waals surface area contributed by atoms with Gasteiger partial charge in [-0.3, -0.25) is 14.9 Å². The molecule has 1 aliphatic carbocycles. The second-order valence-corrected chi connectivity index (χ2v) is 8.56. The average molecular weight is 359 g/mol. The Hall–Kier alpha value is -1.88. The molecule has 1 saturated carbocycles. The first-order chi connectivity index (χ1) is 12.2. The molecule has 0 radical (unpaired) electrons. The lowest BCUT2D eigenvalue weighted by Gasteiger charge is -2.28. The minimum atomic E-state index is -0.801. The zero-order valence-corrected chi connectivity index (χ0v) is 16.3. The second kappa shape index (κ2) is 6.69. The van der Waals surface area contributed by atoms with E-state index in [-0.39, 0.29) is 23.9 Å². The molecular formula is C21H29NO4. The summed E-state index contributed by atoms with van der Waals surface area (Å²) in [5.41, 5.74) is 0.767. The summed E-state index contributed by atoms with van der Waals surface area (Å²) in [7, 11) is 1.41. The Morgan fingerprint density at radius 2 is 2.00 bits per heavy atom. The Morgan fingerprint density at radius 1 is 1.27 bits per heavy atom. The number of esters is 2. The molecule has 0 amide bonds. The molecule has 0 spiro atoms. The molecule has 0 aromatic heterocycles. The molecule has 0 unspecified atom stereocenters. The van der Waals surface area contributed by atoms with Gasteiger partial charge < -0.3 is 9.47 Å². The first-order valence-electron chi connectivity index (χ1n) is 9.33. The zero-order chi connectivity index (χ0) is 19.1. The molecule has 1 aliphatic heterocycles. The highest BCUT2D eigenvalue weighted by Gasteiger charge is 2.63. The van der Waals surface area contributed by atoms with Crippen LogP contribution in [0.4, 0.5) is 0 Å². The summed E-state index contributed by atoms with van der Waals surface area (Å²) in [6.07, 6.45) is 2.40. The monoisotopic (exact) mass is 359 g/mol. The van der Waals surface area contributed by atoms with Crippen LogP contribution in [-0.2, 0) is 19.1 Å². The third kappa shape index (κ3) is 3.25. The molecule has 3 rings (SSSR count). The van der Waals surface area contributed by atoms with Crippen molar-refractivity contribution in [3.63, 3.8) is 0 Å². The van der Waals surface area contributed by atoms with Gasteiger partial charge in [-0.1, -0.05) is 36.2 Å². The number of nitrogens with one attached hydrogen (secondary N) is 1. The first kappa shape index (κ1) is 18.9. The fourth-order valence-corrected chi connectivity index (χ4v) is 4.62. The standard InChI is InChI=1S/C21H29NO4/c1-13-8-6-9-14(12-13)17-16(18(23)26-20(2,3)4)15-10-7-11-21(15,22-17)19(24)25-5/h6,8-9,12,15-17,22H,7,10-11H2,1-5H3/t15-,16-,17+,21-/m0/s1. The van der Waals surface area contributed by atoms with Crippen LogP contribution < -0.4 is 5.32 Å². The van der Waals surface area contributed by atoms with E-state index < -0.39 is 17.1 Å². The summed E-state index contributed by atoms with van der Waals surface area (Å²) in [6, 6.07) is 7.83. The predicted molar refractivity (Wildman–Crippen MR) is 98.5 cm³/mol. The van der Waals surface area contributed by atoms with Gasteiger partial charge in [0.1, 0.15) is 11.1 Å². The number of carbonyl (C=O) groups is 2. The van der Waals surface area contributed by atoms with Crippen molar-refractivity contribution in [2.75, 3.05) is 7.11 Å². The maximum atomic E-state index is 13.1.